The molecular weight excluding hydrogens is 455 g/mol. The van der Waals surface area contributed by atoms with E-state index in [9.17, 15) is 18.0 Å². The lowest BCUT2D eigenvalue weighted by atomic mass is 9.96. The van der Waals surface area contributed by atoms with Gasteiger partial charge >= 0.3 is 6.18 Å². The lowest BCUT2D eigenvalue weighted by molar-refractivity contribution is -0.137. The number of nitrogens with one attached hydrogen (secondary N) is 1. The summed E-state index contributed by atoms with van der Waals surface area (Å²) in [6.07, 6.45) is -4.37. The van der Waals surface area contributed by atoms with Gasteiger partial charge in [-0.2, -0.15) is 13.2 Å². The number of carbonyl (C=O) groups is 1. The molecule has 0 spiro atoms. The van der Waals surface area contributed by atoms with E-state index in [2.05, 4.69) is 17.4 Å². The lowest BCUT2D eigenvalue weighted by Crippen LogP contribution is -2.26. The standard InChI is InChI=1S/C28H20F3NOS/c1-17(23-6-2-4-19-14-15-34-26(19)23)32-27(33)21-10-13-25-20(16-21)5-3-7-24(25)18-8-11-22(12-9-18)28(29,30)31/h2-17H,1H3,(H,32,33). The summed E-state index contributed by atoms with van der Waals surface area (Å²) in [6, 6.07) is 24.1. The predicted octanol–water partition coefficient (Wildman–Crippen LogP) is 8.23. The first-order chi connectivity index (χ1) is 16.3. The van der Waals surface area contributed by atoms with Crippen LogP contribution >= 0.6 is 11.3 Å². The van der Waals surface area contributed by atoms with Crippen molar-refractivity contribution in [3.05, 3.63) is 107 Å². The fraction of sp³-hybridized carbons (Fsp3) is 0.107. The van der Waals surface area contributed by atoms with Crippen molar-refractivity contribution in [1.29, 1.82) is 0 Å². The van der Waals surface area contributed by atoms with E-state index < -0.39 is 11.7 Å². The monoisotopic (exact) mass is 475 g/mol. The molecule has 0 aliphatic heterocycles. The molecule has 1 heterocycles. The Balaban J connectivity index is 1.42. The molecule has 6 heteroatoms. The van der Waals surface area contributed by atoms with Crippen LogP contribution in [-0.4, -0.2) is 5.91 Å². The normalized spacial score (nSPS) is 12.7. The summed E-state index contributed by atoms with van der Waals surface area (Å²) in [5.74, 6) is -0.178. The Hall–Kier alpha value is -3.64. The van der Waals surface area contributed by atoms with E-state index in [1.165, 1.54) is 12.1 Å². The molecule has 1 amide bonds. The Kier molecular flexibility index (Phi) is 5.62. The van der Waals surface area contributed by atoms with Crippen LogP contribution < -0.4 is 5.32 Å². The second kappa shape index (κ2) is 8.61. The third-order valence-corrected chi connectivity index (χ3v) is 6.97. The number of amides is 1. The number of alkyl halides is 3. The zero-order valence-corrected chi connectivity index (χ0v) is 19.0. The van der Waals surface area contributed by atoms with Crippen LogP contribution in [0.5, 0.6) is 0 Å². The zero-order valence-electron chi connectivity index (χ0n) is 18.2. The Morgan fingerprint density at radius 3 is 2.38 bits per heavy atom. The Labute approximate surface area is 198 Å². The van der Waals surface area contributed by atoms with Crippen molar-refractivity contribution in [2.45, 2.75) is 19.1 Å². The van der Waals surface area contributed by atoms with Gasteiger partial charge in [-0.1, -0.05) is 54.6 Å². The first kappa shape index (κ1) is 22.2. The van der Waals surface area contributed by atoms with Crippen molar-refractivity contribution in [2.24, 2.45) is 0 Å². The molecule has 0 bridgehead atoms. The SMILES string of the molecule is CC(NC(=O)c1ccc2c(-c3ccc(C(F)(F)F)cc3)cccc2c1)c1cccc2ccsc12. The first-order valence-electron chi connectivity index (χ1n) is 10.8. The van der Waals surface area contributed by atoms with Crippen LogP contribution in [0, 0.1) is 0 Å². The van der Waals surface area contributed by atoms with Crippen LogP contribution in [0.4, 0.5) is 13.2 Å². The van der Waals surface area contributed by atoms with Gasteiger partial charge in [-0.3, -0.25) is 4.79 Å². The molecule has 34 heavy (non-hydrogen) atoms. The van der Waals surface area contributed by atoms with E-state index in [1.807, 2.05) is 54.8 Å². The summed E-state index contributed by atoms with van der Waals surface area (Å²) in [4.78, 5) is 13.0. The maximum Gasteiger partial charge on any atom is 0.416 e. The molecule has 0 aliphatic carbocycles. The van der Waals surface area contributed by atoms with Crippen LogP contribution in [0.1, 0.15) is 34.5 Å². The Morgan fingerprint density at radius 1 is 0.882 bits per heavy atom. The molecule has 1 atom stereocenters. The molecule has 1 unspecified atom stereocenters. The summed E-state index contributed by atoms with van der Waals surface area (Å²) in [5.41, 5.74) is 2.43. The van der Waals surface area contributed by atoms with Crippen molar-refractivity contribution in [3.8, 4) is 11.1 Å². The van der Waals surface area contributed by atoms with Gasteiger partial charge in [0.25, 0.3) is 5.91 Å². The Morgan fingerprint density at radius 2 is 1.62 bits per heavy atom. The molecule has 0 fully saturated rings. The number of thiophene rings is 1. The second-order valence-electron chi connectivity index (χ2n) is 8.20. The van der Waals surface area contributed by atoms with E-state index in [-0.39, 0.29) is 11.9 Å². The van der Waals surface area contributed by atoms with Crippen molar-refractivity contribution >= 4 is 38.1 Å². The van der Waals surface area contributed by atoms with Gasteiger partial charge in [0.15, 0.2) is 0 Å². The van der Waals surface area contributed by atoms with Crippen LogP contribution in [-0.2, 0) is 6.18 Å². The van der Waals surface area contributed by atoms with Gasteiger partial charge in [0.05, 0.1) is 11.6 Å². The van der Waals surface area contributed by atoms with Gasteiger partial charge < -0.3 is 5.32 Å². The lowest BCUT2D eigenvalue weighted by Gasteiger charge is -2.16. The van der Waals surface area contributed by atoms with Gasteiger partial charge in [0.1, 0.15) is 0 Å². The molecule has 4 aromatic carbocycles. The summed E-state index contributed by atoms with van der Waals surface area (Å²) < 4.78 is 39.9. The highest BCUT2D eigenvalue weighted by Gasteiger charge is 2.30. The number of rotatable bonds is 4. The van der Waals surface area contributed by atoms with Gasteiger partial charge in [-0.25, -0.2) is 0 Å². The molecular formula is C28H20F3NOS. The summed E-state index contributed by atoms with van der Waals surface area (Å²) in [5, 5.41) is 8.00. The summed E-state index contributed by atoms with van der Waals surface area (Å²) >= 11 is 1.65. The van der Waals surface area contributed by atoms with Gasteiger partial charge in [-0.15, -0.1) is 11.3 Å². The van der Waals surface area contributed by atoms with Crippen LogP contribution in [0.15, 0.2) is 90.3 Å². The molecule has 5 rings (SSSR count). The average Bonchev–Trinajstić information content (AvgIpc) is 3.32. The Bertz CT molecular complexity index is 1500. The molecule has 0 saturated carbocycles. The molecule has 1 N–H and O–H groups in total. The highest BCUT2D eigenvalue weighted by molar-refractivity contribution is 7.17. The predicted molar refractivity (Wildman–Crippen MR) is 132 cm³/mol. The number of benzene rings is 4. The molecule has 170 valence electrons. The molecule has 2 nitrogen and oxygen atoms in total. The highest BCUT2D eigenvalue weighted by Crippen LogP contribution is 2.34. The van der Waals surface area contributed by atoms with E-state index in [0.29, 0.717) is 11.1 Å². The van der Waals surface area contributed by atoms with Gasteiger partial charge in [0.2, 0.25) is 0 Å². The number of hydrogen-bond donors (Lipinski definition) is 1. The van der Waals surface area contributed by atoms with E-state index in [4.69, 9.17) is 0 Å². The minimum Gasteiger partial charge on any atom is -0.345 e. The van der Waals surface area contributed by atoms with Crippen molar-refractivity contribution in [3.63, 3.8) is 0 Å². The number of carbonyl (C=O) groups excluding carboxylic acids is 1. The summed E-state index contributed by atoms with van der Waals surface area (Å²) in [6.45, 7) is 1.97. The molecule has 5 aromatic rings. The highest BCUT2D eigenvalue weighted by atomic mass is 32.1. The van der Waals surface area contributed by atoms with E-state index in [1.54, 1.807) is 17.4 Å². The minimum absolute atomic E-state index is 0.163. The first-order valence-corrected chi connectivity index (χ1v) is 11.7. The fourth-order valence-corrected chi connectivity index (χ4v) is 5.23. The number of halogens is 3. The average molecular weight is 476 g/mol. The van der Waals surface area contributed by atoms with E-state index >= 15 is 0 Å². The van der Waals surface area contributed by atoms with Crippen molar-refractivity contribution in [1.82, 2.24) is 5.32 Å². The molecule has 1 aromatic heterocycles. The molecule has 0 radical (unpaired) electrons. The minimum atomic E-state index is -4.37. The van der Waals surface area contributed by atoms with Crippen LogP contribution in [0.2, 0.25) is 0 Å². The molecule has 0 saturated heterocycles. The largest absolute Gasteiger partial charge is 0.416 e. The smallest absolute Gasteiger partial charge is 0.345 e. The third kappa shape index (κ3) is 4.17. The van der Waals surface area contributed by atoms with Crippen molar-refractivity contribution < 1.29 is 18.0 Å². The summed E-state index contributed by atoms with van der Waals surface area (Å²) in [7, 11) is 0. The van der Waals surface area contributed by atoms with Crippen molar-refractivity contribution in [2.75, 3.05) is 0 Å². The fourth-order valence-electron chi connectivity index (χ4n) is 4.23. The number of fused-ring (bicyclic) bond motifs is 2. The number of hydrogen-bond acceptors (Lipinski definition) is 2. The van der Waals surface area contributed by atoms with Gasteiger partial charge in [-0.05, 0) is 75.5 Å². The molecule has 0 aliphatic rings. The topological polar surface area (TPSA) is 29.1 Å². The van der Waals surface area contributed by atoms with Crippen LogP contribution in [0.25, 0.3) is 32.0 Å². The van der Waals surface area contributed by atoms with E-state index in [0.717, 1.165) is 44.1 Å². The second-order valence-corrected chi connectivity index (χ2v) is 9.11. The maximum atomic E-state index is 13.0. The third-order valence-electron chi connectivity index (χ3n) is 5.99. The maximum absolute atomic E-state index is 13.0. The van der Waals surface area contributed by atoms with Crippen LogP contribution in [0.3, 0.4) is 0 Å². The zero-order chi connectivity index (χ0) is 23.9. The van der Waals surface area contributed by atoms with Gasteiger partial charge in [0, 0.05) is 10.3 Å². The quantitative estimate of drug-likeness (QED) is 0.279.